The lowest BCUT2D eigenvalue weighted by Crippen LogP contribution is -2.11. The number of carbonyl (C=O) groups is 1. The van der Waals surface area contributed by atoms with E-state index in [4.69, 9.17) is 14.8 Å². The van der Waals surface area contributed by atoms with E-state index < -0.39 is 5.97 Å². The van der Waals surface area contributed by atoms with Crippen molar-refractivity contribution < 1.29 is 14.6 Å². The number of rotatable bonds is 10. The Kier molecular flexibility index (Phi) is 7.04. The number of pyridine rings is 1. The molecule has 0 saturated carbocycles. The first-order valence-electron chi connectivity index (χ1n) is 8.86. The highest BCUT2D eigenvalue weighted by Crippen LogP contribution is 2.31. The first-order chi connectivity index (χ1) is 11.6. The van der Waals surface area contributed by atoms with Crippen LogP contribution in [0.5, 0.6) is 5.75 Å². The molecular formula is C20H27NO3. The molecule has 1 aromatic carbocycles. The minimum absolute atomic E-state index is 0.328. The van der Waals surface area contributed by atoms with Crippen molar-refractivity contribution in [3.63, 3.8) is 0 Å². The first kappa shape index (κ1) is 18.2. The molecule has 130 valence electrons. The molecule has 0 aliphatic heterocycles. The summed E-state index contributed by atoms with van der Waals surface area (Å²) < 4.78 is 5.57. The van der Waals surface area contributed by atoms with Crippen molar-refractivity contribution in [2.24, 2.45) is 0 Å². The first-order valence-corrected chi connectivity index (χ1v) is 8.86. The maximum absolute atomic E-state index is 10.9. The number of aryl methyl sites for hydroxylation is 1. The molecule has 0 fully saturated rings. The molecule has 4 heteroatoms. The summed E-state index contributed by atoms with van der Waals surface area (Å²) in [6, 6.07) is 7.75. The Morgan fingerprint density at radius 1 is 1.12 bits per heavy atom. The quantitative estimate of drug-likeness (QED) is 0.629. The zero-order valence-electron chi connectivity index (χ0n) is 14.7. The van der Waals surface area contributed by atoms with Gasteiger partial charge in [-0.2, -0.15) is 0 Å². The van der Waals surface area contributed by atoms with E-state index in [-0.39, 0.29) is 6.61 Å². The molecule has 1 heterocycles. The van der Waals surface area contributed by atoms with Crippen molar-refractivity contribution in [1.29, 1.82) is 0 Å². The van der Waals surface area contributed by atoms with Crippen molar-refractivity contribution in [3.8, 4) is 5.75 Å². The summed E-state index contributed by atoms with van der Waals surface area (Å²) in [5.74, 6) is -0.309. The SMILES string of the molecule is CCCCCCCCc1nc2ccccc2c(OCC(=O)O)c1C. The molecule has 0 unspecified atom stereocenters. The third-order valence-corrected chi connectivity index (χ3v) is 4.28. The van der Waals surface area contributed by atoms with Crippen LogP contribution in [0.1, 0.15) is 56.7 Å². The van der Waals surface area contributed by atoms with Crippen LogP contribution in [-0.2, 0) is 11.2 Å². The number of para-hydroxylation sites is 1. The standard InChI is InChI=1S/C20H27NO3/c1-3-4-5-6-7-8-12-17-15(2)20(24-14-19(22)23)16-11-9-10-13-18(16)21-17/h9-11,13H,3-8,12,14H2,1-2H3,(H,22,23). The summed E-state index contributed by atoms with van der Waals surface area (Å²) in [5, 5.41) is 9.79. The van der Waals surface area contributed by atoms with E-state index in [1.54, 1.807) is 0 Å². The number of fused-ring (bicyclic) bond motifs is 1. The van der Waals surface area contributed by atoms with E-state index in [1.165, 1.54) is 32.1 Å². The zero-order valence-corrected chi connectivity index (χ0v) is 14.7. The molecule has 0 saturated heterocycles. The highest BCUT2D eigenvalue weighted by atomic mass is 16.5. The summed E-state index contributed by atoms with van der Waals surface area (Å²) in [7, 11) is 0. The number of hydrogen-bond acceptors (Lipinski definition) is 3. The maximum Gasteiger partial charge on any atom is 0.341 e. The van der Waals surface area contributed by atoms with Gasteiger partial charge in [-0.05, 0) is 31.9 Å². The molecule has 2 aromatic rings. The number of ether oxygens (including phenoxy) is 1. The highest BCUT2D eigenvalue weighted by Gasteiger charge is 2.13. The second-order valence-corrected chi connectivity index (χ2v) is 6.23. The molecule has 4 nitrogen and oxygen atoms in total. The molecule has 0 aliphatic rings. The van der Waals surface area contributed by atoms with Crippen LogP contribution in [0.15, 0.2) is 24.3 Å². The molecule has 1 N–H and O–H groups in total. The molecule has 2 rings (SSSR count). The Balaban J connectivity index is 2.14. The Morgan fingerprint density at radius 2 is 1.83 bits per heavy atom. The van der Waals surface area contributed by atoms with E-state index in [1.807, 2.05) is 31.2 Å². The van der Waals surface area contributed by atoms with E-state index in [0.717, 1.165) is 35.0 Å². The number of aromatic nitrogens is 1. The lowest BCUT2D eigenvalue weighted by atomic mass is 10.0. The van der Waals surface area contributed by atoms with Gasteiger partial charge in [0.1, 0.15) is 5.75 Å². The van der Waals surface area contributed by atoms with Crippen LogP contribution in [-0.4, -0.2) is 22.7 Å². The fraction of sp³-hybridized carbons (Fsp3) is 0.500. The maximum atomic E-state index is 10.9. The van der Waals surface area contributed by atoms with Crippen LogP contribution in [0, 0.1) is 6.92 Å². The Morgan fingerprint density at radius 3 is 2.58 bits per heavy atom. The number of aliphatic carboxylic acids is 1. The molecule has 0 amide bonds. The van der Waals surface area contributed by atoms with Crippen LogP contribution >= 0.6 is 0 Å². The van der Waals surface area contributed by atoms with E-state index >= 15 is 0 Å². The second-order valence-electron chi connectivity index (χ2n) is 6.23. The lowest BCUT2D eigenvalue weighted by molar-refractivity contribution is -0.139. The zero-order chi connectivity index (χ0) is 17.4. The summed E-state index contributed by atoms with van der Waals surface area (Å²) in [5.41, 5.74) is 2.84. The van der Waals surface area contributed by atoms with Crippen molar-refractivity contribution in [2.75, 3.05) is 6.61 Å². The molecule has 0 spiro atoms. The monoisotopic (exact) mass is 329 g/mol. The number of nitrogens with zero attached hydrogens (tertiary/aromatic N) is 1. The molecular weight excluding hydrogens is 302 g/mol. The smallest absolute Gasteiger partial charge is 0.341 e. The number of carboxylic acid groups (broad SMARTS) is 1. The fourth-order valence-corrected chi connectivity index (χ4v) is 2.96. The van der Waals surface area contributed by atoms with Gasteiger partial charge in [-0.25, -0.2) is 4.79 Å². The molecule has 1 aromatic heterocycles. The van der Waals surface area contributed by atoms with Gasteiger partial charge in [0, 0.05) is 16.6 Å². The Bertz CT molecular complexity index is 682. The van der Waals surface area contributed by atoms with E-state index in [2.05, 4.69) is 6.92 Å². The minimum Gasteiger partial charge on any atom is -0.481 e. The third kappa shape index (κ3) is 4.95. The molecule has 0 aliphatic carbocycles. The molecule has 0 radical (unpaired) electrons. The summed E-state index contributed by atoms with van der Waals surface area (Å²) in [6.45, 7) is 3.87. The summed E-state index contributed by atoms with van der Waals surface area (Å²) in [6.07, 6.45) is 8.35. The van der Waals surface area contributed by atoms with E-state index in [0.29, 0.717) is 5.75 Å². The van der Waals surface area contributed by atoms with Crippen molar-refractivity contribution >= 4 is 16.9 Å². The minimum atomic E-state index is -0.965. The number of unbranched alkanes of at least 4 members (excludes halogenated alkanes) is 5. The number of carboxylic acids is 1. The van der Waals surface area contributed by atoms with Crippen molar-refractivity contribution in [2.45, 2.75) is 58.8 Å². The second kappa shape index (κ2) is 9.26. The van der Waals surface area contributed by atoms with Crippen LogP contribution in [0.25, 0.3) is 10.9 Å². The Labute approximate surface area is 143 Å². The van der Waals surface area contributed by atoms with Gasteiger partial charge < -0.3 is 9.84 Å². The van der Waals surface area contributed by atoms with Crippen molar-refractivity contribution in [3.05, 3.63) is 35.5 Å². The van der Waals surface area contributed by atoms with Crippen LogP contribution in [0.4, 0.5) is 0 Å². The van der Waals surface area contributed by atoms with Crippen LogP contribution in [0.3, 0.4) is 0 Å². The molecule has 0 bridgehead atoms. The number of benzene rings is 1. The average molecular weight is 329 g/mol. The topological polar surface area (TPSA) is 59.4 Å². The van der Waals surface area contributed by atoms with Gasteiger partial charge in [-0.15, -0.1) is 0 Å². The average Bonchev–Trinajstić information content (AvgIpc) is 2.57. The summed E-state index contributed by atoms with van der Waals surface area (Å²) in [4.78, 5) is 15.6. The van der Waals surface area contributed by atoms with Crippen LogP contribution in [0.2, 0.25) is 0 Å². The predicted octanol–water partition coefficient (Wildman–Crippen LogP) is 4.91. The third-order valence-electron chi connectivity index (χ3n) is 4.28. The Hall–Kier alpha value is -2.10. The lowest BCUT2D eigenvalue weighted by Gasteiger charge is -2.14. The van der Waals surface area contributed by atoms with Crippen molar-refractivity contribution in [1.82, 2.24) is 4.98 Å². The number of hydrogen-bond donors (Lipinski definition) is 1. The van der Waals surface area contributed by atoms with Gasteiger partial charge in [0.2, 0.25) is 0 Å². The van der Waals surface area contributed by atoms with Gasteiger partial charge in [0.05, 0.1) is 5.52 Å². The fourth-order valence-electron chi connectivity index (χ4n) is 2.96. The largest absolute Gasteiger partial charge is 0.481 e. The van der Waals surface area contributed by atoms with Crippen LogP contribution < -0.4 is 4.74 Å². The summed E-state index contributed by atoms with van der Waals surface area (Å²) >= 11 is 0. The van der Waals surface area contributed by atoms with E-state index in [9.17, 15) is 4.79 Å². The van der Waals surface area contributed by atoms with Gasteiger partial charge >= 0.3 is 5.97 Å². The predicted molar refractivity (Wildman–Crippen MR) is 96.7 cm³/mol. The molecule has 0 atom stereocenters. The van der Waals surface area contributed by atoms with Gasteiger partial charge in [0.15, 0.2) is 6.61 Å². The highest BCUT2D eigenvalue weighted by molar-refractivity contribution is 5.87. The van der Waals surface area contributed by atoms with Gasteiger partial charge in [-0.3, -0.25) is 4.98 Å². The van der Waals surface area contributed by atoms with Gasteiger partial charge in [0.25, 0.3) is 0 Å². The molecule has 24 heavy (non-hydrogen) atoms. The normalized spacial score (nSPS) is 10.9. The van der Waals surface area contributed by atoms with Gasteiger partial charge in [-0.1, -0.05) is 51.2 Å².